The first-order valence-electron chi connectivity index (χ1n) is 13.0. The molecule has 1 aromatic rings. The van der Waals surface area contributed by atoms with E-state index in [2.05, 4.69) is 15.2 Å². The van der Waals surface area contributed by atoms with E-state index in [1.807, 2.05) is 11.8 Å². The van der Waals surface area contributed by atoms with Crippen LogP contribution in [-0.4, -0.2) is 84.3 Å². The number of anilines is 1. The minimum absolute atomic E-state index is 0.0703. The van der Waals surface area contributed by atoms with Crippen molar-refractivity contribution in [2.24, 2.45) is 16.1 Å². The monoisotopic (exact) mass is 574 g/mol. The predicted molar refractivity (Wildman–Crippen MR) is 128 cm³/mol. The molecule has 4 atom stereocenters. The summed E-state index contributed by atoms with van der Waals surface area (Å²) in [5.74, 6) is -3.45. The summed E-state index contributed by atoms with van der Waals surface area (Å²) < 4.78 is 85.3. The summed E-state index contributed by atoms with van der Waals surface area (Å²) >= 11 is 0. The van der Waals surface area contributed by atoms with Crippen molar-refractivity contribution in [1.29, 1.82) is 0 Å². The van der Waals surface area contributed by atoms with Crippen LogP contribution in [0.5, 0.6) is 0 Å². The van der Waals surface area contributed by atoms with Crippen LogP contribution in [0.25, 0.3) is 0 Å². The van der Waals surface area contributed by atoms with Gasteiger partial charge in [0.15, 0.2) is 5.92 Å². The molecule has 1 unspecified atom stereocenters. The van der Waals surface area contributed by atoms with Gasteiger partial charge in [-0.3, -0.25) is 9.59 Å². The highest BCUT2D eigenvalue weighted by molar-refractivity contribution is 5.83. The molecular formula is C25H28F6N6O3. The molecule has 5 heterocycles. The van der Waals surface area contributed by atoms with Gasteiger partial charge in [0.05, 0.1) is 43.1 Å². The number of carbonyl (C=O) groups excluding carboxylic acids is 2. The molecule has 2 fully saturated rings. The highest BCUT2D eigenvalue weighted by Crippen LogP contribution is 2.42. The number of carbonyl (C=O) groups is 2. The number of azo groups is 1. The minimum atomic E-state index is -4.78. The Morgan fingerprint density at radius 1 is 1.12 bits per heavy atom. The second-order valence-corrected chi connectivity index (χ2v) is 10.5. The third-order valence-electron chi connectivity index (χ3n) is 7.95. The number of ether oxygens (including phenoxy) is 1. The van der Waals surface area contributed by atoms with Crippen molar-refractivity contribution in [3.63, 3.8) is 0 Å². The Kier molecular flexibility index (Phi) is 7.52. The quantitative estimate of drug-likeness (QED) is 0.375. The lowest BCUT2D eigenvalue weighted by atomic mass is 9.87. The van der Waals surface area contributed by atoms with Gasteiger partial charge in [0, 0.05) is 38.4 Å². The number of rotatable bonds is 6. The number of halogens is 6. The summed E-state index contributed by atoms with van der Waals surface area (Å²) in [7, 11) is 0. The van der Waals surface area contributed by atoms with Crippen LogP contribution in [0.2, 0.25) is 0 Å². The molecule has 4 aliphatic heterocycles. The number of fused-ring (bicyclic) bond motifs is 3. The SMILES string of the molecule is C[C@H]1C[C@@H]2CN(C(=O)CCOC[C@@H]3CCN3C3=CN=NC(=O)C3C(F)(F)F)CCN2c2ncc(C(F)(F)F)cc21. The van der Waals surface area contributed by atoms with Gasteiger partial charge in [-0.05, 0) is 30.4 Å². The maximum absolute atomic E-state index is 13.4. The lowest BCUT2D eigenvalue weighted by Crippen LogP contribution is -2.57. The Morgan fingerprint density at radius 2 is 1.90 bits per heavy atom. The maximum Gasteiger partial charge on any atom is 0.417 e. The zero-order valence-electron chi connectivity index (χ0n) is 21.6. The molecule has 9 nitrogen and oxygen atoms in total. The fraction of sp³-hybridized carbons (Fsp3) is 0.640. The number of pyridine rings is 1. The van der Waals surface area contributed by atoms with Gasteiger partial charge < -0.3 is 19.4 Å². The van der Waals surface area contributed by atoms with Crippen molar-refractivity contribution >= 4 is 17.6 Å². The van der Waals surface area contributed by atoms with Crippen molar-refractivity contribution in [2.45, 2.75) is 56.5 Å². The number of likely N-dealkylation sites (tertiary alicyclic amines) is 1. The standard InChI is InChI=1S/C25H28F6N6O3/c1-14-8-17-12-35(5-6-37(17)22-18(14)9-15(10-32-22)24(26,27)28)20(38)3-7-40-13-16-2-4-36(16)19-11-33-34-23(39)21(19)25(29,30)31/h9-11,14,16-17,21H,2-8,12-13H2,1H3/t14-,16-,17+,21?/m0/s1. The smallest absolute Gasteiger partial charge is 0.379 e. The summed E-state index contributed by atoms with van der Waals surface area (Å²) in [5.41, 5.74) is -0.457. The Bertz CT molecular complexity index is 1220. The zero-order chi connectivity index (χ0) is 28.8. The summed E-state index contributed by atoms with van der Waals surface area (Å²) in [6.45, 7) is 3.60. The molecule has 218 valence electrons. The fourth-order valence-electron chi connectivity index (χ4n) is 5.77. The molecule has 1 aromatic heterocycles. The average molecular weight is 575 g/mol. The summed E-state index contributed by atoms with van der Waals surface area (Å²) in [6.07, 6.45) is -6.19. The Balaban J connectivity index is 1.11. The second-order valence-electron chi connectivity index (χ2n) is 10.5. The topological polar surface area (TPSA) is 90.7 Å². The van der Waals surface area contributed by atoms with E-state index in [-0.39, 0.29) is 49.2 Å². The molecule has 2 saturated heterocycles. The molecule has 2 amide bonds. The van der Waals surface area contributed by atoms with E-state index >= 15 is 0 Å². The number of piperazine rings is 1. The molecule has 0 aromatic carbocycles. The van der Waals surface area contributed by atoms with Gasteiger partial charge in [-0.1, -0.05) is 6.92 Å². The Morgan fingerprint density at radius 3 is 2.58 bits per heavy atom. The first kappa shape index (κ1) is 28.3. The largest absolute Gasteiger partial charge is 0.417 e. The van der Waals surface area contributed by atoms with Crippen molar-refractivity contribution in [3.8, 4) is 0 Å². The minimum Gasteiger partial charge on any atom is -0.379 e. The molecule has 0 bridgehead atoms. The predicted octanol–water partition coefficient (Wildman–Crippen LogP) is 4.12. The van der Waals surface area contributed by atoms with E-state index in [4.69, 9.17) is 4.74 Å². The van der Waals surface area contributed by atoms with Crippen LogP contribution in [0, 0.1) is 5.92 Å². The van der Waals surface area contributed by atoms with Crippen molar-refractivity contribution in [1.82, 2.24) is 14.8 Å². The van der Waals surface area contributed by atoms with Crippen LogP contribution in [0.1, 0.15) is 43.2 Å². The van der Waals surface area contributed by atoms with Gasteiger partial charge in [-0.15, -0.1) is 5.11 Å². The molecule has 0 spiro atoms. The lowest BCUT2D eigenvalue weighted by Gasteiger charge is -2.47. The van der Waals surface area contributed by atoms with Crippen LogP contribution in [0.3, 0.4) is 0 Å². The molecule has 40 heavy (non-hydrogen) atoms. The Labute approximate surface area is 225 Å². The molecule has 4 aliphatic rings. The van der Waals surface area contributed by atoms with Gasteiger partial charge in [0.1, 0.15) is 5.82 Å². The normalized spacial score (nSPS) is 26.7. The number of nitrogens with zero attached hydrogens (tertiary/aromatic N) is 6. The molecule has 15 heteroatoms. The first-order chi connectivity index (χ1) is 18.8. The highest BCUT2D eigenvalue weighted by Gasteiger charge is 2.52. The number of alkyl halides is 6. The van der Waals surface area contributed by atoms with Crippen LogP contribution in [-0.2, 0) is 20.5 Å². The molecule has 0 aliphatic carbocycles. The Hall–Kier alpha value is -3.23. The zero-order valence-corrected chi connectivity index (χ0v) is 21.6. The van der Waals surface area contributed by atoms with Crippen LogP contribution >= 0.6 is 0 Å². The van der Waals surface area contributed by atoms with E-state index in [0.717, 1.165) is 18.5 Å². The number of hydrogen-bond acceptors (Lipinski definition) is 7. The number of aromatic nitrogens is 1. The third-order valence-corrected chi connectivity index (χ3v) is 7.95. The van der Waals surface area contributed by atoms with Crippen LogP contribution < -0.4 is 4.90 Å². The maximum atomic E-state index is 13.4. The third kappa shape index (κ3) is 5.52. The van der Waals surface area contributed by atoms with Crippen molar-refractivity contribution < 1.29 is 40.7 Å². The number of amides is 2. The van der Waals surface area contributed by atoms with Gasteiger partial charge in [0.25, 0.3) is 5.91 Å². The van der Waals surface area contributed by atoms with Gasteiger partial charge in [-0.2, -0.15) is 31.5 Å². The molecule has 0 N–H and O–H groups in total. The number of hydrogen-bond donors (Lipinski definition) is 0. The van der Waals surface area contributed by atoms with E-state index in [1.54, 1.807) is 4.90 Å². The summed E-state index contributed by atoms with van der Waals surface area (Å²) in [6, 6.07) is 0.723. The van der Waals surface area contributed by atoms with E-state index < -0.39 is 29.7 Å². The molecule has 5 rings (SSSR count). The summed E-state index contributed by atoms with van der Waals surface area (Å²) in [5, 5.41) is 6.43. The first-order valence-corrected chi connectivity index (χ1v) is 13.0. The van der Waals surface area contributed by atoms with Crippen LogP contribution in [0.4, 0.5) is 32.2 Å². The van der Waals surface area contributed by atoms with Gasteiger partial charge in [0.2, 0.25) is 5.91 Å². The van der Waals surface area contributed by atoms with E-state index in [1.165, 1.54) is 4.90 Å². The fourth-order valence-corrected chi connectivity index (χ4v) is 5.77. The van der Waals surface area contributed by atoms with Gasteiger partial charge in [-0.25, -0.2) is 4.98 Å². The molecule has 0 radical (unpaired) electrons. The molecular weight excluding hydrogens is 546 g/mol. The van der Waals surface area contributed by atoms with E-state index in [0.29, 0.717) is 50.4 Å². The highest BCUT2D eigenvalue weighted by atomic mass is 19.4. The van der Waals surface area contributed by atoms with Crippen molar-refractivity contribution in [3.05, 3.63) is 35.3 Å². The summed E-state index contributed by atoms with van der Waals surface area (Å²) in [4.78, 5) is 33.9. The van der Waals surface area contributed by atoms with E-state index in [9.17, 15) is 35.9 Å². The lowest BCUT2D eigenvalue weighted by molar-refractivity contribution is -0.179. The average Bonchev–Trinajstić information content (AvgIpc) is 2.86. The second kappa shape index (κ2) is 10.6. The van der Waals surface area contributed by atoms with Gasteiger partial charge >= 0.3 is 12.4 Å². The molecule has 0 saturated carbocycles. The van der Waals surface area contributed by atoms with Crippen LogP contribution in [0.15, 0.2) is 34.4 Å². The van der Waals surface area contributed by atoms with Crippen molar-refractivity contribution in [2.75, 3.05) is 44.3 Å².